The number of ether oxygens (including phenoxy) is 2. The Morgan fingerprint density at radius 2 is 1.80 bits per heavy atom. The standard InChI is InChI=1S/C23H28N4O3/c1-17-9-11-19(12-10-17)27-22(15-18(2)25-27)24-23(28)16-26(3)13-14-30-21-8-6-5-7-20(21)29-4/h5-12,15H,13-14,16H2,1-4H3,(H,24,28). The van der Waals surface area contributed by atoms with Crippen molar-refractivity contribution < 1.29 is 14.3 Å². The van der Waals surface area contributed by atoms with Gasteiger partial charge in [0.25, 0.3) is 0 Å². The van der Waals surface area contributed by atoms with E-state index in [1.54, 1.807) is 11.8 Å². The maximum atomic E-state index is 12.5. The summed E-state index contributed by atoms with van der Waals surface area (Å²) in [5.74, 6) is 1.93. The fraction of sp³-hybridized carbons (Fsp3) is 0.304. The summed E-state index contributed by atoms with van der Waals surface area (Å²) in [6.45, 7) is 5.23. The van der Waals surface area contributed by atoms with E-state index in [0.717, 1.165) is 11.4 Å². The first-order valence-corrected chi connectivity index (χ1v) is 9.84. The van der Waals surface area contributed by atoms with E-state index in [1.165, 1.54) is 5.56 Å². The summed E-state index contributed by atoms with van der Waals surface area (Å²) in [7, 11) is 3.50. The number of carbonyl (C=O) groups excluding carboxylic acids is 1. The Labute approximate surface area is 177 Å². The second-order valence-electron chi connectivity index (χ2n) is 7.20. The third-order valence-corrected chi connectivity index (χ3v) is 4.59. The summed E-state index contributed by atoms with van der Waals surface area (Å²) < 4.78 is 12.8. The molecular weight excluding hydrogens is 380 g/mol. The van der Waals surface area contributed by atoms with Crippen molar-refractivity contribution in [3.63, 3.8) is 0 Å². The van der Waals surface area contributed by atoms with E-state index in [1.807, 2.05) is 80.4 Å². The van der Waals surface area contributed by atoms with Gasteiger partial charge in [-0.2, -0.15) is 5.10 Å². The number of benzene rings is 2. The van der Waals surface area contributed by atoms with Crippen molar-refractivity contribution in [2.75, 3.05) is 39.2 Å². The van der Waals surface area contributed by atoms with E-state index in [0.29, 0.717) is 30.5 Å². The van der Waals surface area contributed by atoms with E-state index in [9.17, 15) is 4.79 Å². The maximum Gasteiger partial charge on any atom is 0.239 e. The molecule has 30 heavy (non-hydrogen) atoms. The number of nitrogens with one attached hydrogen (secondary N) is 1. The average Bonchev–Trinajstić information content (AvgIpc) is 3.08. The van der Waals surface area contributed by atoms with Gasteiger partial charge in [-0.25, -0.2) is 4.68 Å². The number of aromatic nitrogens is 2. The molecule has 0 aliphatic carbocycles. The zero-order valence-corrected chi connectivity index (χ0v) is 17.9. The van der Waals surface area contributed by atoms with Crippen LogP contribution in [0.2, 0.25) is 0 Å². The minimum atomic E-state index is -0.108. The molecule has 3 aromatic rings. The summed E-state index contributed by atoms with van der Waals surface area (Å²) in [6.07, 6.45) is 0. The predicted octanol–water partition coefficient (Wildman–Crippen LogP) is 3.45. The highest BCUT2D eigenvalue weighted by Gasteiger charge is 2.13. The van der Waals surface area contributed by atoms with Gasteiger partial charge in [0.15, 0.2) is 11.5 Å². The Morgan fingerprint density at radius 3 is 2.50 bits per heavy atom. The van der Waals surface area contributed by atoms with E-state index in [2.05, 4.69) is 10.4 Å². The summed E-state index contributed by atoms with van der Waals surface area (Å²) >= 11 is 0. The molecule has 0 atom stereocenters. The van der Waals surface area contributed by atoms with Gasteiger partial charge in [0.2, 0.25) is 5.91 Å². The lowest BCUT2D eigenvalue weighted by molar-refractivity contribution is -0.117. The number of hydrogen-bond acceptors (Lipinski definition) is 5. The van der Waals surface area contributed by atoms with Crippen molar-refractivity contribution in [2.45, 2.75) is 13.8 Å². The normalized spacial score (nSPS) is 10.8. The van der Waals surface area contributed by atoms with Gasteiger partial charge in [-0.05, 0) is 45.2 Å². The maximum absolute atomic E-state index is 12.5. The van der Waals surface area contributed by atoms with Crippen LogP contribution < -0.4 is 14.8 Å². The minimum Gasteiger partial charge on any atom is -0.493 e. The van der Waals surface area contributed by atoms with Crippen molar-refractivity contribution in [3.8, 4) is 17.2 Å². The highest BCUT2D eigenvalue weighted by molar-refractivity contribution is 5.91. The first-order valence-electron chi connectivity index (χ1n) is 9.84. The number of likely N-dealkylation sites (N-methyl/N-ethyl adjacent to an activating group) is 1. The molecule has 1 heterocycles. The average molecular weight is 409 g/mol. The van der Waals surface area contributed by atoms with Crippen molar-refractivity contribution in [1.82, 2.24) is 14.7 Å². The van der Waals surface area contributed by atoms with E-state index >= 15 is 0 Å². The van der Waals surface area contributed by atoms with E-state index < -0.39 is 0 Å². The third-order valence-electron chi connectivity index (χ3n) is 4.59. The molecule has 1 N–H and O–H groups in total. The van der Waals surface area contributed by atoms with Crippen molar-refractivity contribution >= 4 is 11.7 Å². The van der Waals surface area contributed by atoms with Crippen LogP contribution >= 0.6 is 0 Å². The first-order chi connectivity index (χ1) is 14.5. The van der Waals surface area contributed by atoms with Gasteiger partial charge in [-0.15, -0.1) is 0 Å². The van der Waals surface area contributed by atoms with Crippen LogP contribution in [0, 0.1) is 13.8 Å². The van der Waals surface area contributed by atoms with Crippen LogP contribution in [-0.4, -0.2) is 54.4 Å². The van der Waals surface area contributed by atoms with Gasteiger partial charge in [-0.3, -0.25) is 9.69 Å². The number of para-hydroxylation sites is 2. The Hall–Kier alpha value is -3.32. The zero-order chi connectivity index (χ0) is 21.5. The van der Waals surface area contributed by atoms with Crippen LogP contribution in [0.1, 0.15) is 11.3 Å². The molecule has 0 radical (unpaired) electrons. The number of rotatable bonds is 9. The fourth-order valence-electron chi connectivity index (χ4n) is 3.03. The Balaban J connectivity index is 1.53. The molecule has 7 nitrogen and oxygen atoms in total. The lowest BCUT2D eigenvalue weighted by Crippen LogP contribution is -2.33. The van der Waals surface area contributed by atoms with Gasteiger partial charge < -0.3 is 14.8 Å². The summed E-state index contributed by atoms with van der Waals surface area (Å²) in [5, 5.41) is 7.46. The monoisotopic (exact) mass is 408 g/mol. The molecule has 0 aliphatic rings. The Morgan fingerprint density at radius 1 is 1.10 bits per heavy atom. The lowest BCUT2D eigenvalue weighted by Gasteiger charge is -2.17. The molecule has 0 unspecified atom stereocenters. The van der Waals surface area contributed by atoms with Crippen molar-refractivity contribution in [1.29, 1.82) is 0 Å². The summed E-state index contributed by atoms with van der Waals surface area (Å²) in [4.78, 5) is 14.5. The molecule has 0 fully saturated rings. The van der Waals surface area contributed by atoms with Crippen molar-refractivity contribution in [3.05, 3.63) is 65.9 Å². The lowest BCUT2D eigenvalue weighted by atomic mass is 10.2. The smallest absolute Gasteiger partial charge is 0.239 e. The van der Waals surface area contributed by atoms with Crippen LogP contribution in [0.5, 0.6) is 11.5 Å². The Bertz CT molecular complexity index is 982. The number of amides is 1. The highest BCUT2D eigenvalue weighted by Crippen LogP contribution is 2.25. The quantitative estimate of drug-likeness (QED) is 0.587. The summed E-state index contributed by atoms with van der Waals surface area (Å²) in [6, 6.07) is 17.4. The largest absolute Gasteiger partial charge is 0.493 e. The molecule has 0 saturated heterocycles. The zero-order valence-electron chi connectivity index (χ0n) is 17.9. The SMILES string of the molecule is COc1ccccc1OCCN(C)CC(=O)Nc1cc(C)nn1-c1ccc(C)cc1. The molecule has 0 spiro atoms. The number of hydrogen-bond donors (Lipinski definition) is 1. The van der Waals surface area contributed by atoms with Gasteiger partial charge in [0.05, 0.1) is 25.0 Å². The van der Waals surface area contributed by atoms with Crippen LogP contribution in [0.4, 0.5) is 5.82 Å². The van der Waals surface area contributed by atoms with Gasteiger partial charge in [0.1, 0.15) is 12.4 Å². The van der Waals surface area contributed by atoms with Gasteiger partial charge >= 0.3 is 0 Å². The van der Waals surface area contributed by atoms with Crippen LogP contribution in [0.25, 0.3) is 5.69 Å². The van der Waals surface area contributed by atoms with Gasteiger partial charge in [-0.1, -0.05) is 29.8 Å². The molecular formula is C23H28N4O3. The van der Waals surface area contributed by atoms with E-state index in [-0.39, 0.29) is 12.5 Å². The first kappa shape index (κ1) is 21.4. The number of nitrogens with zero attached hydrogens (tertiary/aromatic N) is 3. The number of anilines is 1. The van der Waals surface area contributed by atoms with Crippen LogP contribution in [0.15, 0.2) is 54.6 Å². The van der Waals surface area contributed by atoms with Crippen molar-refractivity contribution in [2.24, 2.45) is 0 Å². The van der Waals surface area contributed by atoms with Crippen LogP contribution in [0.3, 0.4) is 0 Å². The molecule has 1 amide bonds. The number of methoxy groups -OCH3 is 1. The topological polar surface area (TPSA) is 68.6 Å². The van der Waals surface area contributed by atoms with Crippen LogP contribution in [-0.2, 0) is 4.79 Å². The molecule has 0 aliphatic heterocycles. The summed E-state index contributed by atoms with van der Waals surface area (Å²) in [5.41, 5.74) is 2.91. The molecule has 2 aromatic carbocycles. The molecule has 158 valence electrons. The third kappa shape index (κ3) is 5.61. The highest BCUT2D eigenvalue weighted by atomic mass is 16.5. The van der Waals surface area contributed by atoms with E-state index in [4.69, 9.17) is 9.47 Å². The fourth-order valence-corrected chi connectivity index (χ4v) is 3.03. The number of carbonyl (C=O) groups is 1. The molecule has 7 heteroatoms. The molecule has 0 bridgehead atoms. The molecule has 0 saturated carbocycles. The second kappa shape index (κ2) is 9.93. The second-order valence-corrected chi connectivity index (χ2v) is 7.20. The number of aryl methyl sites for hydroxylation is 2. The predicted molar refractivity (Wildman–Crippen MR) is 118 cm³/mol. The molecule has 3 rings (SSSR count). The molecule has 1 aromatic heterocycles. The van der Waals surface area contributed by atoms with Gasteiger partial charge in [0, 0.05) is 12.6 Å². The minimum absolute atomic E-state index is 0.108. The Kier molecular flexibility index (Phi) is 7.08.